The van der Waals surface area contributed by atoms with Crippen LogP contribution in [0.25, 0.3) is 0 Å². The van der Waals surface area contributed by atoms with Gasteiger partial charge < -0.3 is 5.32 Å². The van der Waals surface area contributed by atoms with Gasteiger partial charge >= 0.3 is 0 Å². The Kier molecular flexibility index (Phi) is 6.63. The molecule has 25 heavy (non-hydrogen) atoms. The van der Waals surface area contributed by atoms with Gasteiger partial charge in [0.05, 0.1) is 5.69 Å². The third-order valence-electron chi connectivity index (χ3n) is 3.77. The second-order valence-electron chi connectivity index (χ2n) is 5.93. The van der Waals surface area contributed by atoms with Crippen LogP contribution in [0, 0.1) is 0 Å². The maximum Gasteiger partial charge on any atom is 0.0541 e. The van der Waals surface area contributed by atoms with Gasteiger partial charge in [-0.05, 0) is 54.4 Å². The molecule has 0 atom stereocenters. The molecule has 3 aromatic rings. The third-order valence-corrected chi connectivity index (χ3v) is 4.67. The normalized spacial score (nSPS) is 11.0. The molecule has 0 unspecified atom stereocenters. The fourth-order valence-corrected chi connectivity index (χ4v) is 3.52. The average Bonchev–Trinajstić information content (AvgIpc) is 2.64. The van der Waals surface area contributed by atoms with Gasteiger partial charge in [-0.1, -0.05) is 48.5 Å². The largest absolute Gasteiger partial charge is 0.307 e. The summed E-state index contributed by atoms with van der Waals surface area (Å²) in [5, 5.41) is 3.45. The van der Waals surface area contributed by atoms with Crippen molar-refractivity contribution in [2.45, 2.75) is 24.5 Å². The molecule has 2 aromatic carbocycles. The summed E-state index contributed by atoms with van der Waals surface area (Å²) in [5.41, 5.74) is 3.68. The van der Waals surface area contributed by atoms with E-state index >= 15 is 0 Å². The zero-order chi connectivity index (χ0) is 17.3. The summed E-state index contributed by atoms with van der Waals surface area (Å²) in [6, 6.07) is 25.2. The van der Waals surface area contributed by atoms with Gasteiger partial charge in [0.15, 0.2) is 0 Å². The standard InChI is InChI=1S/C21H23N3S/c1-24(17-18-8-3-2-4-9-18)25-21-12-7-10-19(14-21)15-22-16-20-11-5-6-13-23-20/h2-14,22H,15-17H2,1H3. The van der Waals surface area contributed by atoms with Crippen LogP contribution in [0.2, 0.25) is 0 Å². The summed E-state index contributed by atoms with van der Waals surface area (Å²) in [6.07, 6.45) is 1.83. The molecule has 0 saturated carbocycles. The van der Waals surface area contributed by atoms with Crippen LogP contribution in [-0.2, 0) is 19.6 Å². The van der Waals surface area contributed by atoms with Crippen LogP contribution in [0.4, 0.5) is 0 Å². The minimum atomic E-state index is 0.784. The van der Waals surface area contributed by atoms with Gasteiger partial charge in [0.2, 0.25) is 0 Å². The van der Waals surface area contributed by atoms with Crippen LogP contribution >= 0.6 is 11.9 Å². The number of hydrogen-bond donors (Lipinski definition) is 1. The van der Waals surface area contributed by atoms with Crippen LogP contribution in [0.1, 0.15) is 16.8 Å². The summed E-state index contributed by atoms with van der Waals surface area (Å²) in [4.78, 5) is 5.59. The van der Waals surface area contributed by atoms with Crippen molar-refractivity contribution in [1.29, 1.82) is 0 Å². The molecule has 3 nitrogen and oxygen atoms in total. The lowest BCUT2D eigenvalue weighted by Crippen LogP contribution is -2.13. The summed E-state index contributed by atoms with van der Waals surface area (Å²) in [5.74, 6) is 0. The van der Waals surface area contributed by atoms with Crippen LogP contribution < -0.4 is 5.32 Å². The molecule has 0 amide bonds. The molecule has 0 saturated heterocycles. The van der Waals surface area contributed by atoms with E-state index in [-0.39, 0.29) is 0 Å². The van der Waals surface area contributed by atoms with Crippen molar-refractivity contribution < 1.29 is 0 Å². The molecule has 1 heterocycles. The highest BCUT2D eigenvalue weighted by molar-refractivity contribution is 7.97. The number of nitrogens with zero attached hydrogens (tertiary/aromatic N) is 2. The first-order chi connectivity index (χ1) is 12.3. The molecule has 3 rings (SSSR count). The number of aromatic nitrogens is 1. The van der Waals surface area contributed by atoms with Crippen LogP contribution in [0.5, 0.6) is 0 Å². The van der Waals surface area contributed by atoms with Gasteiger partial charge in [0.25, 0.3) is 0 Å². The summed E-state index contributed by atoms with van der Waals surface area (Å²) in [6.45, 7) is 2.55. The molecule has 1 N–H and O–H groups in total. The molecule has 0 radical (unpaired) electrons. The Morgan fingerprint density at radius 3 is 2.48 bits per heavy atom. The van der Waals surface area contributed by atoms with E-state index in [0.717, 1.165) is 25.3 Å². The number of benzene rings is 2. The van der Waals surface area contributed by atoms with E-state index in [1.54, 1.807) is 11.9 Å². The summed E-state index contributed by atoms with van der Waals surface area (Å²) >= 11 is 1.78. The molecular formula is C21H23N3S. The minimum Gasteiger partial charge on any atom is -0.307 e. The van der Waals surface area contributed by atoms with Crippen molar-refractivity contribution in [1.82, 2.24) is 14.6 Å². The van der Waals surface area contributed by atoms with Crippen molar-refractivity contribution in [3.63, 3.8) is 0 Å². The highest BCUT2D eigenvalue weighted by Crippen LogP contribution is 2.23. The molecule has 0 spiro atoms. The molecule has 1 aromatic heterocycles. The molecular weight excluding hydrogens is 326 g/mol. The van der Waals surface area contributed by atoms with Gasteiger partial charge in [0.1, 0.15) is 0 Å². The van der Waals surface area contributed by atoms with Crippen molar-refractivity contribution in [3.05, 3.63) is 95.8 Å². The van der Waals surface area contributed by atoms with E-state index in [4.69, 9.17) is 0 Å². The Hall–Kier alpha value is -2.14. The lowest BCUT2D eigenvalue weighted by atomic mass is 10.2. The van der Waals surface area contributed by atoms with Crippen molar-refractivity contribution in [2.24, 2.45) is 0 Å². The molecule has 128 valence electrons. The Balaban J connectivity index is 1.50. The monoisotopic (exact) mass is 349 g/mol. The molecule has 0 aliphatic heterocycles. The first kappa shape index (κ1) is 17.7. The van der Waals surface area contributed by atoms with Gasteiger partial charge in [-0.15, -0.1) is 0 Å². The Morgan fingerprint density at radius 2 is 1.68 bits per heavy atom. The van der Waals surface area contributed by atoms with E-state index in [9.17, 15) is 0 Å². The second-order valence-corrected chi connectivity index (χ2v) is 7.21. The molecule has 4 heteroatoms. The maximum absolute atomic E-state index is 4.33. The van der Waals surface area contributed by atoms with Gasteiger partial charge in [-0.25, -0.2) is 4.31 Å². The molecule has 0 aliphatic carbocycles. The van der Waals surface area contributed by atoms with Crippen molar-refractivity contribution in [3.8, 4) is 0 Å². The lowest BCUT2D eigenvalue weighted by molar-refractivity contribution is 0.564. The van der Waals surface area contributed by atoms with E-state index in [1.807, 2.05) is 24.4 Å². The Labute approximate surface area is 154 Å². The van der Waals surface area contributed by atoms with Crippen LogP contribution in [-0.4, -0.2) is 16.3 Å². The predicted molar refractivity (Wildman–Crippen MR) is 105 cm³/mol. The fourth-order valence-electron chi connectivity index (χ4n) is 2.60. The predicted octanol–water partition coefficient (Wildman–Crippen LogP) is 4.51. The first-order valence-corrected chi connectivity index (χ1v) is 9.19. The van der Waals surface area contributed by atoms with Gasteiger partial charge in [-0.2, -0.15) is 0 Å². The third kappa shape index (κ3) is 6.02. The van der Waals surface area contributed by atoms with Crippen LogP contribution in [0.15, 0.2) is 83.9 Å². The van der Waals surface area contributed by atoms with Gasteiger partial charge in [0, 0.05) is 30.7 Å². The zero-order valence-electron chi connectivity index (χ0n) is 14.4. The Bertz CT molecular complexity index is 762. The summed E-state index contributed by atoms with van der Waals surface area (Å²) < 4.78 is 2.26. The van der Waals surface area contributed by atoms with E-state index in [1.165, 1.54) is 16.0 Å². The molecule has 0 fully saturated rings. The average molecular weight is 350 g/mol. The van der Waals surface area contributed by atoms with E-state index in [2.05, 4.69) is 76.3 Å². The molecule has 0 aliphatic rings. The van der Waals surface area contributed by atoms with Crippen molar-refractivity contribution >= 4 is 11.9 Å². The molecule has 0 bridgehead atoms. The minimum absolute atomic E-state index is 0.784. The number of rotatable bonds is 8. The van der Waals surface area contributed by atoms with E-state index in [0.29, 0.717) is 0 Å². The highest BCUT2D eigenvalue weighted by Gasteiger charge is 2.04. The summed E-state index contributed by atoms with van der Waals surface area (Å²) in [7, 11) is 2.13. The quantitative estimate of drug-likeness (QED) is 0.606. The topological polar surface area (TPSA) is 28.2 Å². The highest BCUT2D eigenvalue weighted by atomic mass is 32.2. The number of nitrogens with one attached hydrogen (secondary N) is 1. The zero-order valence-corrected chi connectivity index (χ0v) is 15.2. The lowest BCUT2D eigenvalue weighted by Gasteiger charge is -2.16. The van der Waals surface area contributed by atoms with Gasteiger partial charge in [-0.3, -0.25) is 4.98 Å². The maximum atomic E-state index is 4.33. The number of pyridine rings is 1. The van der Waals surface area contributed by atoms with Crippen molar-refractivity contribution in [2.75, 3.05) is 7.05 Å². The fraction of sp³-hybridized carbons (Fsp3) is 0.190. The first-order valence-electron chi connectivity index (χ1n) is 8.42. The SMILES string of the molecule is CN(Cc1ccccc1)Sc1cccc(CNCc2ccccn2)c1. The van der Waals surface area contributed by atoms with Crippen LogP contribution in [0.3, 0.4) is 0 Å². The smallest absolute Gasteiger partial charge is 0.0541 e. The second kappa shape index (κ2) is 9.37. The van der Waals surface area contributed by atoms with E-state index < -0.39 is 0 Å². The number of hydrogen-bond acceptors (Lipinski definition) is 4. The Morgan fingerprint density at radius 1 is 0.880 bits per heavy atom.